The number of rotatable bonds is 0. The van der Waals surface area contributed by atoms with Gasteiger partial charge in [0.25, 0.3) is 0 Å². The van der Waals surface area contributed by atoms with Crippen LogP contribution in [-0.4, -0.2) is 6.79 Å². The van der Waals surface area contributed by atoms with Crippen LogP contribution in [0.15, 0.2) is 34.9 Å². The zero-order valence-electron chi connectivity index (χ0n) is 11.9. The standard InChI is InChI=1S/C14H18.CH2O.Na.H/c1-2-6-12-10-14-8-4-3-7-13(14)9-11(12)5-1;1-2;;/h5,9-10,14H,1-4,6-8H2;1H2;;/q;;+1;-1. The fraction of sp³-hybridized carbons (Fsp3) is 0.533. The third kappa shape index (κ3) is 3.43. The van der Waals surface area contributed by atoms with E-state index in [0.717, 1.165) is 5.92 Å². The summed E-state index contributed by atoms with van der Waals surface area (Å²) in [6, 6.07) is 0. The van der Waals surface area contributed by atoms with Crippen LogP contribution >= 0.6 is 0 Å². The molecule has 0 saturated heterocycles. The summed E-state index contributed by atoms with van der Waals surface area (Å²) in [5, 5.41) is 0. The molecule has 0 bridgehead atoms. The Labute approximate surface area is 128 Å². The summed E-state index contributed by atoms with van der Waals surface area (Å²) < 4.78 is 0. The van der Waals surface area contributed by atoms with Crippen molar-refractivity contribution in [1.29, 1.82) is 0 Å². The molecule has 0 aromatic rings. The van der Waals surface area contributed by atoms with E-state index in [4.69, 9.17) is 4.79 Å². The predicted molar refractivity (Wildman–Crippen MR) is 68.3 cm³/mol. The second kappa shape index (κ2) is 7.35. The molecule has 1 fully saturated rings. The van der Waals surface area contributed by atoms with Crippen LogP contribution in [0.3, 0.4) is 0 Å². The molecule has 0 heterocycles. The fourth-order valence-corrected chi connectivity index (χ4v) is 3.03. The molecule has 2 heteroatoms. The molecule has 3 rings (SSSR count). The van der Waals surface area contributed by atoms with Crippen LogP contribution in [0, 0.1) is 5.92 Å². The van der Waals surface area contributed by atoms with Crippen molar-refractivity contribution in [2.24, 2.45) is 5.92 Å². The Hall–Kier alpha value is -0.110. The van der Waals surface area contributed by atoms with E-state index in [2.05, 4.69) is 18.2 Å². The van der Waals surface area contributed by atoms with E-state index in [1.807, 2.05) is 6.79 Å². The van der Waals surface area contributed by atoms with Crippen molar-refractivity contribution in [3.63, 3.8) is 0 Å². The molecule has 1 saturated carbocycles. The quantitative estimate of drug-likeness (QED) is 0.579. The zero-order valence-corrected chi connectivity index (χ0v) is 12.9. The monoisotopic (exact) mass is 240 g/mol. The van der Waals surface area contributed by atoms with Gasteiger partial charge in [-0.15, -0.1) is 0 Å². The Morgan fingerprint density at radius 3 is 2.82 bits per heavy atom. The Balaban J connectivity index is 0.000000691. The van der Waals surface area contributed by atoms with Gasteiger partial charge in [0.2, 0.25) is 0 Å². The van der Waals surface area contributed by atoms with Crippen molar-refractivity contribution in [2.45, 2.75) is 44.9 Å². The minimum absolute atomic E-state index is 0. The van der Waals surface area contributed by atoms with E-state index < -0.39 is 0 Å². The number of hydrogen-bond donors (Lipinski definition) is 0. The molecular weight excluding hydrogens is 219 g/mol. The Kier molecular flexibility index (Phi) is 6.47. The molecule has 0 spiro atoms. The third-order valence-corrected chi connectivity index (χ3v) is 3.84. The summed E-state index contributed by atoms with van der Waals surface area (Å²) in [7, 11) is 0. The molecule has 3 aliphatic carbocycles. The summed E-state index contributed by atoms with van der Waals surface area (Å²) in [6.45, 7) is 2.00. The topological polar surface area (TPSA) is 17.1 Å². The molecular formula is C15H21NaO. The Bertz CT molecular complexity index is 358. The van der Waals surface area contributed by atoms with Crippen molar-refractivity contribution in [1.82, 2.24) is 0 Å². The summed E-state index contributed by atoms with van der Waals surface area (Å²) in [5.41, 5.74) is 4.92. The van der Waals surface area contributed by atoms with Gasteiger partial charge >= 0.3 is 29.6 Å². The number of hydrogen-bond acceptors (Lipinski definition) is 1. The van der Waals surface area contributed by atoms with E-state index in [0.29, 0.717) is 0 Å². The summed E-state index contributed by atoms with van der Waals surface area (Å²) in [6.07, 6.45) is 17.1. The average Bonchev–Trinajstić information content (AvgIpc) is 2.38. The molecule has 0 aliphatic heterocycles. The summed E-state index contributed by atoms with van der Waals surface area (Å²) in [5.74, 6) is 0.814. The maximum atomic E-state index is 8.00. The van der Waals surface area contributed by atoms with Gasteiger partial charge in [-0.05, 0) is 55.6 Å². The van der Waals surface area contributed by atoms with Gasteiger partial charge < -0.3 is 6.22 Å². The zero-order chi connectivity index (χ0) is 11.4. The normalized spacial score (nSPS) is 25.6. The predicted octanol–water partition coefficient (Wildman–Crippen LogP) is 1.08. The molecule has 1 unspecified atom stereocenters. The number of carbonyl (C=O) groups excluding carboxylic acids is 1. The van der Waals surface area contributed by atoms with Crippen LogP contribution in [0.1, 0.15) is 46.4 Å². The van der Waals surface area contributed by atoms with Crippen LogP contribution in [0.25, 0.3) is 0 Å². The number of allylic oxidation sites excluding steroid dienone is 6. The smallest absolute Gasteiger partial charge is 1.00 e. The second-order valence-corrected chi connectivity index (χ2v) is 4.82. The second-order valence-electron chi connectivity index (χ2n) is 4.82. The number of carbonyl (C=O) groups is 1. The fourth-order valence-electron chi connectivity index (χ4n) is 3.03. The first-order valence-electron chi connectivity index (χ1n) is 6.34. The van der Waals surface area contributed by atoms with Gasteiger partial charge in [0.15, 0.2) is 0 Å². The van der Waals surface area contributed by atoms with E-state index in [-0.39, 0.29) is 31.0 Å². The molecule has 88 valence electrons. The first-order valence-corrected chi connectivity index (χ1v) is 6.34. The minimum atomic E-state index is 0. The molecule has 0 amide bonds. The van der Waals surface area contributed by atoms with Crippen LogP contribution in [0.2, 0.25) is 0 Å². The van der Waals surface area contributed by atoms with Gasteiger partial charge in [0.05, 0.1) is 0 Å². The van der Waals surface area contributed by atoms with Crippen molar-refractivity contribution in [3.05, 3.63) is 34.9 Å². The average molecular weight is 240 g/mol. The molecule has 17 heavy (non-hydrogen) atoms. The first-order chi connectivity index (χ1) is 7.93. The van der Waals surface area contributed by atoms with Crippen LogP contribution in [0.5, 0.6) is 0 Å². The first kappa shape index (κ1) is 14.9. The maximum Gasteiger partial charge on any atom is 1.00 e. The molecule has 0 N–H and O–H groups in total. The molecule has 1 nitrogen and oxygen atoms in total. The Morgan fingerprint density at radius 2 is 2.00 bits per heavy atom. The Morgan fingerprint density at radius 1 is 1.18 bits per heavy atom. The van der Waals surface area contributed by atoms with Gasteiger partial charge in [-0.3, -0.25) is 0 Å². The largest absolute Gasteiger partial charge is 1.00 e. The van der Waals surface area contributed by atoms with Gasteiger partial charge in [0.1, 0.15) is 6.79 Å². The van der Waals surface area contributed by atoms with Crippen molar-refractivity contribution in [2.75, 3.05) is 0 Å². The third-order valence-electron chi connectivity index (χ3n) is 3.84. The van der Waals surface area contributed by atoms with E-state index >= 15 is 0 Å². The molecule has 0 aromatic heterocycles. The minimum Gasteiger partial charge on any atom is -1.00 e. The van der Waals surface area contributed by atoms with Crippen LogP contribution in [-0.2, 0) is 4.79 Å². The summed E-state index contributed by atoms with van der Waals surface area (Å²) in [4.78, 5) is 8.00. The van der Waals surface area contributed by atoms with Crippen molar-refractivity contribution in [3.8, 4) is 0 Å². The number of fused-ring (bicyclic) bond motifs is 2. The molecule has 3 aliphatic rings. The van der Waals surface area contributed by atoms with Gasteiger partial charge in [-0.2, -0.15) is 0 Å². The van der Waals surface area contributed by atoms with Crippen molar-refractivity contribution < 1.29 is 35.8 Å². The van der Waals surface area contributed by atoms with Crippen LogP contribution in [0.4, 0.5) is 0 Å². The van der Waals surface area contributed by atoms with E-state index in [9.17, 15) is 0 Å². The van der Waals surface area contributed by atoms with Crippen LogP contribution < -0.4 is 29.6 Å². The van der Waals surface area contributed by atoms with Gasteiger partial charge in [0, 0.05) is 0 Å². The van der Waals surface area contributed by atoms with Crippen molar-refractivity contribution >= 4 is 6.79 Å². The maximum absolute atomic E-state index is 8.00. The van der Waals surface area contributed by atoms with Gasteiger partial charge in [-0.25, -0.2) is 0 Å². The van der Waals surface area contributed by atoms with E-state index in [1.165, 1.54) is 44.9 Å². The van der Waals surface area contributed by atoms with Gasteiger partial charge in [-0.1, -0.05) is 30.2 Å². The molecule has 0 radical (unpaired) electrons. The SMILES string of the molecule is C1=C2C=C3CCCCC3C=C2CCC1.C=O.[H-].[Na+]. The van der Waals surface area contributed by atoms with E-state index in [1.54, 1.807) is 16.7 Å². The molecule has 0 aromatic carbocycles. The molecule has 1 atom stereocenters. The summed E-state index contributed by atoms with van der Waals surface area (Å²) >= 11 is 0.